The van der Waals surface area contributed by atoms with Crippen molar-refractivity contribution in [2.75, 3.05) is 26.3 Å². The number of fused-ring (bicyclic) bond motifs is 1. The van der Waals surface area contributed by atoms with E-state index in [4.69, 9.17) is 9.47 Å². The van der Waals surface area contributed by atoms with E-state index in [1.165, 1.54) is 19.3 Å². The summed E-state index contributed by atoms with van der Waals surface area (Å²) in [6, 6.07) is 5.78. The number of carbonyl (C=O) groups excluding carboxylic acids is 2. The molecule has 7 nitrogen and oxygen atoms in total. The van der Waals surface area contributed by atoms with E-state index in [9.17, 15) is 9.59 Å². The zero-order valence-corrected chi connectivity index (χ0v) is 17.0. The zero-order valence-electron chi connectivity index (χ0n) is 17.0. The number of piperidine rings is 1. The highest BCUT2D eigenvalue weighted by molar-refractivity contribution is 5.95. The fourth-order valence-electron chi connectivity index (χ4n) is 4.31. The zero-order chi connectivity index (χ0) is 20.1. The molecule has 29 heavy (non-hydrogen) atoms. The van der Waals surface area contributed by atoms with Crippen LogP contribution in [0.3, 0.4) is 0 Å². The summed E-state index contributed by atoms with van der Waals surface area (Å²) in [4.78, 5) is 27.0. The molecule has 0 atom stereocenters. The van der Waals surface area contributed by atoms with Crippen molar-refractivity contribution in [2.45, 2.75) is 63.5 Å². The number of benzene rings is 1. The Morgan fingerprint density at radius 2 is 1.52 bits per heavy atom. The molecule has 1 saturated carbocycles. The number of amides is 3. The van der Waals surface area contributed by atoms with Crippen LogP contribution in [0, 0.1) is 0 Å². The smallest absolute Gasteiger partial charge is 0.317 e. The molecule has 2 N–H and O–H groups in total. The molecule has 2 heterocycles. The molecule has 158 valence electrons. The molecule has 7 heteroatoms. The van der Waals surface area contributed by atoms with Crippen LogP contribution in [0.5, 0.6) is 11.5 Å². The summed E-state index contributed by atoms with van der Waals surface area (Å²) >= 11 is 0. The maximum Gasteiger partial charge on any atom is 0.317 e. The highest BCUT2D eigenvalue weighted by atomic mass is 16.5. The molecule has 2 aliphatic heterocycles. The fourth-order valence-corrected chi connectivity index (χ4v) is 4.31. The number of urea groups is 1. The number of carbonyl (C=O) groups is 2. The molecule has 4 rings (SSSR count). The van der Waals surface area contributed by atoms with Crippen molar-refractivity contribution in [2.24, 2.45) is 0 Å². The van der Waals surface area contributed by atoms with Crippen molar-refractivity contribution in [1.29, 1.82) is 0 Å². The third-order valence-corrected chi connectivity index (χ3v) is 6.06. The maximum atomic E-state index is 12.7. The molecule has 2 fully saturated rings. The molecule has 0 spiro atoms. The molecule has 3 amide bonds. The Bertz CT molecular complexity index is 725. The molecule has 3 aliphatic rings. The summed E-state index contributed by atoms with van der Waals surface area (Å²) in [6.45, 7) is 2.57. The number of nitrogens with zero attached hydrogens (tertiary/aromatic N) is 1. The van der Waals surface area contributed by atoms with Crippen molar-refractivity contribution in [3.8, 4) is 11.5 Å². The van der Waals surface area contributed by atoms with E-state index in [1.54, 1.807) is 18.2 Å². The number of rotatable bonds is 3. The molecule has 1 aliphatic carbocycles. The van der Waals surface area contributed by atoms with Crippen LogP contribution in [0.4, 0.5) is 4.79 Å². The van der Waals surface area contributed by atoms with E-state index >= 15 is 0 Å². The van der Waals surface area contributed by atoms with Gasteiger partial charge in [0.1, 0.15) is 0 Å². The summed E-state index contributed by atoms with van der Waals surface area (Å²) in [7, 11) is 0. The highest BCUT2D eigenvalue weighted by Crippen LogP contribution is 2.30. The van der Waals surface area contributed by atoms with Gasteiger partial charge in [-0.2, -0.15) is 0 Å². The summed E-state index contributed by atoms with van der Waals surface area (Å²) in [5, 5.41) is 6.28. The Morgan fingerprint density at radius 3 is 2.28 bits per heavy atom. The Morgan fingerprint density at radius 1 is 0.828 bits per heavy atom. The van der Waals surface area contributed by atoms with Crippen LogP contribution in [0.25, 0.3) is 0 Å². The Balaban J connectivity index is 1.25. The van der Waals surface area contributed by atoms with Crippen LogP contribution >= 0.6 is 0 Å². The molecule has 0 aromatic heterocycles. The van der Waals surface area contributed by atoms with Gasteiger partial charge in [0, 0.05) is 37.2 Å². The molecule has 0 unspecified atom stereocenters. The average molecular weight is 402 g/mol. The first kappa shape index (κ1) is 19.9. The predicted octanol–water partition coefficient (Wildman–Crippen LogP) is 3.08. The lowest BCUT2D eigenvalue weighted by molar-refractivity contribution is 0.0917. The van der Waals surface area contributed by atoms with E-state index in [1.807, 2.05) is 4.90 Å². The number of hydrogen-bond acceptors (Lipinski definition) is 4. The van der Waals surface area contributed by atoms with Crippen LogP contribution in [0.2, 0.25) is 0 Å². The normalized spacial score (nSPS) is 20.6. The Hall–Kier alpha value is -2.44. The average Bonchev–Trinajstić information content (AvgIpc) is 3.00. The second-order valence-electron chi connectivity index (χ2n) is 8.23. The first-order valence-electron chi connectivity index (χ1n) is 10.9. The van der Waals surface area contributed by atoms with Crippen molar-refractivity contribution < 1.29 is 19.1 Å². The van der Waals surface area contributed by atoms with Gasteiger partial charge in [0.05, 0.1) is 13.2 Å². The summed E-state index contributed by atoms with van der Waals surface area (Å²) < 4.78 is 11.3. The minimum absolute atomic E-state index is 0.0459. The monoisotopic (exact) mass is 401 g/mol. The molecule has 1 saturated heterocycles. The van der Waals surface area contributed by atoms with Crippen molar-refractivity contribution in [1.82, 2.24) is 15.5 Å². The molecular formula is C22H31N3O4. The van der Waals surface area contributed by atoms with Gasteiger partial charge < -0.3 is 25.0 Å². The molecule has 0 radical (unpaired) electrons. The van der Waals surface area contributed by atoms with Gasteiger partial charge in [-0.05, 0) is 43.9 Å². The second-order valence-corrected chi connectivity index (χ2v) is 8.23. The molecular weight excluding hydrogens is 370 g/mol. The van der Waals surface area contributed by atoms with Gasteiger partial charge in [0.2, 0.25) is 0 Å². The number of likely N-dealkylation sites (tertiary alicyclic amines) is 1. The third kappa shape index (κ3) is 5.14. The van der Waals surface area contributed by atoms with Crippen LogP contribution in [-0.4, -0.2) is 55.2 Å². The minimum Gasteiger partial charge on any atom is -0.490 e. The Kier molecular flexibility index (Phi) is 6.42. The van der Waals surface area contributed by atoms with Crippen molar-refractivity contribution in [3.05, 3.63) is 23.8 Å². The standard InChI is InChI=1S/C22H31N3O4/c26-21(16-7-8-19-20(15-16)29-14-4-13-28-19)23-18-9-11-25(12-10-18)22(27)24-17-5-2-1-3-6-17/h7-8,15,17-18H,1-6,9-14H2,(H,23,26)(H,24,27). The first-order valence-corrected chi connectivity index (χ1v) is 10.9. The lowest BCUT2D eigenvalue weighted by Gasteiger charge is -2.34. The molecule has 0 bridgehead atoms. The molecule has 1 aromatic rings. The van der Waals surface area contributed by atoms with Gasteiger partial charge >= 0.3 is 6.03 Å². The van der Waals surface area contributed by atoms with E-state index in [2.05, 4.69) is 10.6 Å². The van der Waals surface area contributed by atoms with Crippen LogP contribution < -0.4 is 20.1 Å². The van der Waals surface area contributed by atoms with E-state index in [0.717, 1.165) is 32.1 Å². The quantitative estimate of drug-likeness (QED) is 0.816. The number of hydrogen-bond donors (Lipinski definition) is 2. The topological polar surface area (TPSA) is 79.9 Å². The van der Waals surface area contributed by atoms with Gasteiger partial charge in [-0.25, -0.2) is 4.79 Å². The van der Waals surface area contributed by atoms with E-state index in [-0.39, 0.29) is 18.0 Å². The third-order valence-electron chi connectivity index (χ3n) is 6.06. The lowest BCUT2D eigenvalue weighted by Crippen LogP contribution is -2.51. The fraction of sp³-hybridized carbons (Fsp3) is 0.636. The maximum absolute atomic E-state index is 12.7. The van der Waals surface area contributed by atoms with Gasteiger partial charge in [-0.3, -0.25) is 4.79 Å². The summed E-state index contributed by atoms with van der Waals surface area (Å²) in [6.07, 6.45) is 8.26. The van der Waals surface area contributed by atoms with Gasteiger partial charge in [-0.1, -0.05) is 19.3 Å². The minimum atomic E-state index is -0.106. The summed E-state index contributed by atoms with van der Waals surface area (Å²) in [5.41, 5.74) is 0.576. The lowest BCUT2D eigenvalue weighted by atomic mass is 9.95. The van der Waals surface area contributed by atoms with E-state index < -0.39 is 0 Å². The first-order chi connectivity index (χ1) is 14.2. The molecule has 1 aromatic carbocycles. The number of nitrogens with one attached hydrogen (secondary N) is 2. The van der Waals surface area contributed by atoms with Crippen molar-refractivity contribution >= 4 is 11.9 Å². The van der Waals surface area contributed by atoms with Crippen LogP contribution in [-0.2, 0) is 0 Å². The van der Waals surface area contributed by atoms with Gasteiger partial charge in [0.25, 0.3) is 5.91 Å². The summed E-state index contributed by atoms with van der Waals surface area (Å²) in [5.74, 6) is 1.21. The van der Waals surface area contributed by atoms with Gasteiger partial charge in [0.15, 0.2) is 11.5 Å². The highest BCUT2D eigenvalue weighted by Gasteiger charge is 2.26. The van der Waals surface area contributed by atoms with E-state index in [0.29, 0.717) is 49.4 Å². The van der Waals surface area contributed by atoms with Gasteiger partial charge in [-0.15, -0.1) is 0 Å². The largest absolute Gasteiger partial charge is 0.490 e. The predicted molar refractivity (Wildman–Crippen MR) is 110 cm³/mol. The number of ether oxygens (including phenoxy) is 2. The van der Waals surface area contributed by atoms with Crippen LogP contribution in [0.1, 0.15) is 61.7 Å². The van der Waals surface area contributed by atoms with Crippen LogP contribution in [0.15, 0.2) is 18.2 Å². The van der Waals surface area contributed by atoms with Crippen molar-refractivity contribution in [3.63, 3.8) is 0 Å². The SMILES string of the molecule is O=C(NC1CCN(C(=O)NC2CCCCC2)CC1)c1ccc2c(c1)OCCCO2. The Labute approximate surface area is 172 Å². The second kappa shape index (κ2) is 9.37.